The van der Waals surface area contributed by atoms with Crippen LogP contribution in [0.3, 0.4) is 0 Å². The Morgan fingerprint density at radius 2 is 2.29 bits per heavy atom. The standard InChI is InChI=1S/C18H21Cl2N7O2S2/c19-13-2-1-11(5-14(13)20)7-27-3-4-29-12(8-27)6-21-16(28)10-31-18-22-15(9-30-18)17-23-25-26-24-17/h1-2,5,9,12,17H,3-4,6-8,10H2,(H,21,28)(H,23,26)(H,24,25)/t12-/m0/s1. The van der Waals surface area contributed by atoms with E-state index >= 15 is 0 Å². The zero-order valence-electron chi connectivity index (χ0n) is 16.4. The zero-order valence-corrected chi connectivity index (χ0v) is 19.5. The van der Waals surface area contributed by atoms with Crippen LogP contribution in [0.4, 0.5) is 0 Å². The van der Waals surface area contributed by atoms with Crippen LogP contribution in [0, 0.1) is 0 Å². The van der Waals surface area contributed by atoms with Crippen LogP contribution in [-0.4, -0.2) is 53.9 Å². The zero-order chi connectivity index (χ0) is 21.6. The van der Waals surface area contributed by atoms with E-state index in [2.05, 4.69) is 36.5 Å². The van der Waals surface area contributed by atoms with Gasteiger partial charge in [0.15, 0.2) is 10.5 Å². The smallest absolute Gasteiger partial charge is 0.230 e. The number of thiazole rings is 1. The van der Waals surface area contributed by atoms with Gasteiger partial charge in [0.05, 0.1) is 34.2 Å². The number of ether oxygens (including phenoxy) is 1. The Balaban J connectivity index is 1.18. The largest absolute Gasteiger partial charge is 0.374 e. The second kappa shape index (κ2) is 10.9. The molecule has 1 amide bonds. The number of morpholine rings is 1. The number of hydrogen-bond acceptors (Lipinski definition) is 10. The van der Waals surface area contributed by atoms with Crippen LogP contribution in [0.2, 0.25) is 10.0 Å². The molecule has 3 N–H and O–H groups in total. The first-order valence-corrected chi connectivity index (χ1v) is 12.2. The van der Waals surface area contributed by atoms with Gasteiger partial charge in [-0.1, -0.05) is 46.3 Å². The lowest BCUT2D eigenvalue weighted by molar-refractivity contribution is -0.119. The molecule has 1 fully saturated rings. The Hall–Kier alpha value is -1.47. The summed E-state index contributed by atoms with van der Waals surface area (Å²) < 4.78 is 6.62. The summed E-state index contributed by atoms with van der Waals surface area (Å²) in [6.07, 6.45) is -0.335. The molecule has 13 heteroatoms. The Kier molecular flexibility index (Phi) is 7.99. The number of hydrogen-bond donors (Lipinski definition) is 3. The Morgan fingerprint density at radius 3 is 3.10 bits per heavy atom. The van der Waals surface area contributed by atoms with Crippen molar-refractivity contribution in [3.8, 4) is 0 Å². The molecule has 1 saturated heterocycles. The number of carbonyl (C=O) groups excluding carboxylic acids is 1. The summed E-state index contributed by atoms with van der Waals surface area (Å²) in [6.45, 7) is 3.43. The van der Waals surface area contributed by atoms with Crippen molar-refractivity contribution >= 4 is 52.2 Å². The fourth-order valence-electron chi connectivity index (χ4n) is 3.15. The number of rotatable bonds is 8. The minimum Gasteiger partial charge on any atom is -0.374 e. The first-order chi connectivity index (χ1) is 15.1. The number of thioether (sulfide) groups is 1. The molecule has 166 valence electrons. The summed E-state index contributed by atoms with van der Waals surface area (Å²) in [5.41, 5.74) is 7.33. The van der Waals surface area contributed by atoms with Gasteiger partial charge in [0.25, 0.3) is 0 Å². The van der Waals surface area contributed by atoms with E-state index in [9.17, 15) is 4.79 Å². The maximum Gasteiger partial charge on any atom is 0.230 e. The molecule has 0 saturated carbocycles. The fourth-order valence-corrected chi connectivity index (χ4v) is 5.15. The molecule has 1 aromatic carbocycles. The molecule has 0 bridgehead atoms. The molecule has 0 aliphatic carbocycles. The van der Waals surface area contributed by atoms with E-state index in [1.54, 1.807) is 0 Å². The van der Waals surface area contributed by atoms with Gasteiger partial charge >= 0.3 is 0 Å². The molecule has 2 aliphatic rings. The molecule has 1 aromatic heterocycles. The van der Waals surface area contributed by atoms with E-state index in [1.807, 2.05) is 23.6 Å². The lowest BCUT2D eigenvalue weighted by Gasteiger charge is -2.33. The van der Waals surface area contributed by atoms with Crippen LogP contribution in [0.15, 0.2) is 38.3 Å². The molecule has 2 atom stereocenters. The highest BCUT2D eigenvalue weighted by molar-refractivity contribution is 8.01. The minimum absolute atomic E-state index is 0.0488. The van der Waals surface area contributed by atoms with E-state index in [0.29, 0.717) is 28.9 Å². The lowest BCUT2D eigenvalue weighted by Crippen LogP contribution is -2.47. The van der Waals surface area contributed by atoms with E-state index < -0.39 is 0 Å². The Bertz CT molecular complexity index is 945. The minimum atomic E-state index is -0.283. The highest BCUT2D eigenvalue weighted by Gasteiger charge is 2.22. The molecule has 1 unspecified atom stereocenters. The molecular formula is C18H21Cl2N7O2S2. The molecule has 0 spiro atoms. The third kappa shape index (κ3) is 6.51. The van der Waals surface area contributed by atoms with Crippen LogP contribution in [0.25, 0.3) is 0 Å². The number of aromatic nitrogens is 1. The molecule has 2 aromatic rings. The molecule has 31 heavy (non-hydrogen) atoms. The summed E-state index contributed by atoms with van der Waals surface area (Å²) in [5, 5.41) is 13.6. The second-order valence-corrected chi connectivity index (χ2v) is 9.88. The van der Waals surface area contributed by atoms with Crippen molar-refractivity contribution < 1.29 is 9.53 Å². The van der Waals surface area contributed by atoms with Gasteiger partial charge in [0.1, 0.15) is 0 Å². The summed E-state index contributed by atoms with van der Waals surface area (Å²) in [4.78, 5) is 19.0. The molecule has 0 radical (unpaired) electrons. The van der Waals surface area contributed by atoms with Gasteiger partial charge in [-0.15, -0.1) is 16.5 Å². The van der Waals surface area contributed by atoms with E-state index in [-0.39, 0.29) is 18.2 Å². The SMILES string of the molecule is O=C(CSc1nc(C2N=NNN2)cs1)NC[C@H]1CN(Cc2ccc(Cl)c(Cl)c2)CCO1. The fraction of sp³-hybridized carbons (Fsp3) is 0.444. The van der Waals surface area contributed by atoms with Gasteiger partial charge in [-0.3, -0.25) is 9.69 Å². The molecular weight excluding hydrogens is 481 g/mol. The van der Waals surface area contributed by atoms with Crippen LogP contribution >= 0.6 is 46.3 Å². The summed E-state index contributed by atoms with van der Waals surface area (Å²) in [6, 6.07) is 5.68. The third-order valence-electron chi connectivity index (χ3n) is 4.67. The Morgan fingerprint density at radius 1 is 1.39 bits per heavy atom. The molecule has 4 rings (SSSR count). The van der Waals surface area contributed by atoms with Crippen LogP contribution < -0.4 is 16.3 Å². The van der Waals surface area contributed by atoms with E-state index in [0.717, 1.165) is 35.2 Å². The molecule has 2 aliphatic heterocycles. The first kappa shape index (κ1) is 22.7. The Labute approximate surface area is 197 Å². The average molecular weight is 502 g/mol. The maximum absolute atomic E-state index is 12.3. The summed E-state index contributed by atoms with van der Waals surface area (Å²) in [7, 11) is 0. The van der Waals surface area contributed by atoms with Crippen molar-refractivity contribution in [2.24, 2.45) is 10.3 Å². The average Bonchev–Trinajstić information content (AvgIpc) is 3.45. The van der Waals surface area contributed by atoms with Gasteiger partial charge in [-0.25, -0.2) is 10.5 Å². The van der Waals surface area contributed by atoms with Crippen LogP contribution in [-0.2, 0) is 16.1 Å². The topological polar surface area (TPSA) is 103 Å². The van der Waals surface area contributed by atoms with Crippen LogP contribution in [0.1, 0.15) is 17.4 Å². The highest BCUT2D eigenvalue weighted by Crippen LogP contribution is 2.27. The van der Waals surface area contributed by atoms with Crippen molar-refractivity contribution in [3.05, 3.63) is 44.9 Å². The van der Waals surface area contributed by atoms with Crippen molar-refractivity contribution in [2.75, 3.05) is 32.0 Å². The number of hydrazine groups is 1. The van der Waals surface area contributed by atoms with Crippen molar-refractivity contribution in [1.29, 1.82) is 0 Å². The van der Waals surface area contributed by atoms with Gasteiger partial charge in [0.2, 0.25) is 5.91 Å². The maximum atomic E-state index is 12.3. The van der Waals surface area contributed by atoms with Crippen molar-refractivity contribution in [1.82, 2.24) is 26.2 Å². The number of halogens is 2. The highest BCUT2D eigenvalue weighted by atomic mass is 35.5. The van der Waals surface area contributed by atoms with Gasteiger partial charge in [-0.05, 0) is 17.7 Å². The van der Waals surface area contributed by atoms with Crippen molar-refractivity contribution in [2.45, 2.75) is 23.2 Å². The van der Waals surface area contributed by atoms with Crippen molar-refractivity contribution in [3.63, 3.8) is 0 Å². The summed E-state index contributed by atoms with van der Waals surface area (Å²) >= 11 is 15.0. The van der Waals surface area contributed by atoms with Gasteiger partial charge in [-0.2, -0.15) is 5.43 Å². The number of benzene rings is 1. The van der Waals surface area contributed by atoms with Gasteiger partial charge in [0, 0.05) is 31.6 Å². The predicted molar refractivity (Wildman–Crippen MR) is 121 cm³/mol. The molecule has 9 nitrogen and oxygen atoms in total. The monoisotopic (exact) mass is 501 g/mol. The van der Waals surface area contributed by atoms with Crippen LogP contribution in [0.5, 0.6) is 0 Å². The number of amides is 1. The first-order valence-electron chi connectivity index (χ1n) is 9.60. The predicted octanol–water partition coefficient (Wildman–Crippen LogP) is 3.03. The normalized spacial score (nSPS) is 21.2. The van der Waals surface area contributed by atoms with E-state index in [1.165, 1.54) is 23.1 Å². The second-order valence-electron chi connectivity index (χ2n) is 6.98. The number of nitrogens with zero attached hydrogens (tertiary/aromatic N) is 4. The lowest BCUT2D eigenvalue weighted by atomic mass is 10.2. The quantitative estimate of drug-likeness (QED) is 0.477. The summed E-state index contributed by atoms with van der Waals surface area (Å²) in [5.74, 6) is 0.247. The van der Waals surface area contributed by atoms with E-state index in [4.69, 9.17) is 27.9 Å². The third-order valence-corrected chi connectivity index (χ3v) is 7.45. The number of nitrogens with one attached hydrogen (secondary N) is 3. The number of carbonyl (C=O) groups is 1. The molecule has 3 heterocycles. The van der Waals surface area contributed by atoms with Gasteiger partial charge < -0.3 is 10.1 Å².